The molecule has 0 saturated carbocycles. The Hall–Kier alpha value is -1.86. The first-order valence-electron chi connectivity index (χ1n) is 6.79. The summed E-state index contributed by atoms with van der Waals surface area (Å²) in [6, 6.07) is 1.68. The lowest BCUT2D eigenvalue weighted by atomic mass is 9.81. The van der Waals surface area contributed by atoms with E-state index in [1.807, 2.05) is 0 Å². The fraction of sp³-hybridized carbons (Fsp3) is 0.500. The van der Waals surface area contributed by atoms with E-state index >= 15 is 0 Å². The van der Waals surface area contributed by atoms with Gasteiger partial charge in [-0.2, -0.15) is 0 Å². The number of rotatable bonds is 4. The van der Waals surface area contributed by atoms with E-state index < -0.39 is 0 Å². The lowest BCUT2D eigenvalue weighted by Gasteiger charge is -2.29. The molecule has 0 radical (unpaired) electrons. The number of carbonyl (C=O) groups excluding carboxylic acids is 1. The van der Waals surface area contributed by atoms with Crippen molar-refractivity contribution in [2.75, 3.05) is 13.1 Å². The normalized spacial score (nSPS) is 10.9. The average Bonchev–Trinajstić information content (AvgIpc) is 2.42. The molecule has 108 valence electrons. The first-order chi connectivity index (χ1) is 9.38. The van der Waals surface area contributed by atoms with Crippen LogP contribution in [0.15, 0.2) is 18.5 Å². The minimum atomic E-state index is -0.123. The zero-order valence-corrected chi connectivity index (χ0v) is 12.7. The lowest BCUT2D eigenvalue weighted by Crippen LogP contribution is -2.37. The Morgan fingerprint density at radius 3 is 2.80 bits per heavy atom. The Morgan fingerprint density at radius 1 is 1.50 bits per heavy atom. The fourth-order valence-corrected chi connectivity index (χ4v) is 1.45. The molecule has 0 saturated heterocycles. The quantitative estimate of drug-likeness (QED) is 0.822. The maximum Gasteiger partial charge on any atom is 0.252 e. The molecule has 0 atom stereocenters. The molecule has 0 aliphatic heterocycles. The Balaban J connectivity index is 2.83. The minimum absolute atomic E-state index is 0.0474. The highest BCUT2D eigenvalue weighted by molar-refractivity contribution is 5.96. The topological polar surface area (TPSA) is 68.0 Å². The van der Waals surface area contributed by atoms with E-state index in [0.29, 0.717) is 23.6 Å². The standard InChI is InChI=1S/C16H23N3O/c1-12(2)16(3,4)11-19-15(20)14-7-9-18-10-13(14)6-5-8-17/h7,9-10,12H,8,11,17H2,1-4H3,(H,19,20). The maximum absolute atomic E-state index is 12.3. The summed E-state index contributed by atoms with van der Waals surface area (Å²) in [5.41, 5.74) is 6.56. The molecule has 20 heavy (non-hydrogen) atoms. The van der Waals surface area contributed by atoms with Crippen molar-refractivity contribution >= 4 is 5.91 Å². The van der Waals surface area contributed by atoms with Crippen LogP contribution in [0.1, 0.15) is 43.6 Å². The van der Waals surface area contributed by atoms with Gasteiger partial charge < -0.3 is 11.1 Å². The molecule has 0 aromatic carbocycles. The van der Waals surface area contributed by atoms with E-state index in [2.05, 4.69) is 49.8 Å². The Labute approximate surface area is 121 Å². The Bertz CT molecular complexity index is 524. The van der Waals surface area contributed by atoms with Crippen molar-refractivity contribution in [1.82, 2.24) is 10.3 Å². The van der Waals surface area contributed by atoms with Crippen LogP contribution >= 0.6 is 0 Å². The molecule has 0 spiro atoms. The van der Waals surface area contributed by atoms with Crippen molar-refractivity contribution in [2.45, 2.75) is 27.7 Å². The minimum Gasteiger partial charge on any atom is -0.351 e. The number of aromatic nitrogens is 1. The molecule has 1 amide bonds. The van der Waals surface area contributed by atoms with Crippen LogP contribution in [-0.2, 0) is 0 Å². The average molecular weight is 273 g/mol. The van der Waals surface area contributed by atoms with Gasteiger partial charge >= 0.3 is 0 Å². The molecule has 0 unspecified atom stereocenters. The van der Waals surface area contributed by atoms with Crippen LogP contribution in [0.2, 0.25) is 0 Å². The van der Waals surface area contributed by atoms with Gasteiger partial charge in [0, 0.05) is 18.9 Å². The molecule has 0 aliphatic rings. The smallest absolute Gasteiger partial charge is 0.252 e. The van der Waals surface area contributed by atoms with Gasteiger partial charge in [-0.15, -0.1) is 0 Å². The molecule has 4 heteroatoms. The van der Waals surface area contributed by atoms with Gasteiger partial charge in [0.15, 0.2) is 0 Å². The van der Waals surface area contributed by atoms with E-state index in [4.69, 9.17) is 5.73 Å². The van der Waals surface area contributed by atoms with Crippen molar-refractivity contribution < 1.29 is 4.79 Å². The third kappa shape index (κ3) is 4.36. The zero-order chi connectivity index (χ0) is 15.2. The highest BCUT2D eigenvalue weighted by Gasteiger charge is 2.23. The molecular formula is C16H23N3O. The second-order valence-corrected chi connectivity index (χ2v) is 5.75. The summed E-state index contributed by atoms with van der Waals surface area (Å²) in [6.07, 6.45) is 3.18. The van der Waals surface area contributed by atoms with E-state index in [9.17, 15) is 4.79 Å². The Kier molecular flexibility index (Phi) is 5.72. The molecule has 4 nitrogen and oxygen atoms in total. The molecule has 1 heterocycles. The van der Waals surface area contributed by atoms with E-state index in [1.54, 1.807) is 18.5 Å². The Morgan fingerprint density at radius 2 is 2.20 bits per heavy atom. The number of amides is 1. The number of pyridine rings is 1. The van der Waals surface area contributed by atoms with Crippen LogP contribution < -0.4 is 11.1 Å². The predicted octanol–water partition coefficient (Wildman–Crippen LogP) is 1.80. The summed E-state index contributed by atoms with van der Waals surface area (Å²) in [6.45, 7) is 9.46. The van der Waals surface area contributed by atoms with Gasteiger partial charge in [-0.05, 0) is 17.4 Å². The largest absolute Gasteiger partial charge is 0.351 e. The molecular weight excluding hydrogens is 250 g/mol. The number of nitrogens with zero attached hydrogens (tertiary/aromatic N) is 1. The van der Waals surface area contributed by atoms with E-state index in [-0.39, 0.29) is 17.9 Å². The van der Waals surface area contributed by atoms with Gasteiger partial charge in [-0.25, -0.2) is 0 Å². The summed E-state index contributed by atoms with van der Waals surface area (Å²) in [5, 5.41) is 2.97. The highest BCUT2D eigenvalue weighted by Crippen LogP contribution is 2.24. The second kappa shape index (κ2) is 7.06. The summed E-state index contributed by atoms with van der Waals surface area (Å²) in [5.74, 6) is 5.98. The van der Waals surface area contributed by atoms with Gasteiger partial charge in [-0.3, -0.25) is 9.78 Å². The van der Waals surface area contributed by atoms with Crippen LogP contribution in [0.3, 0.4) is 0 Å². The molecule has 1 rings (SSSR count). The molecule has 0 fully saturated rings. The molecule has 1 aromatic heterocycles. The fourth-order valence-electron chi connectivity index (χ4n) is 1.45. The summed E-state index contributed by atoms with van der Waals surface area (Å²) < 4.78 is 0. The van der Waals surface area contributed by atoms with Gasteiger partial charge in [0.2, 0.25) is 0 Å². The van der Waals surface area contributed by atoms with Crippen molar-refractivity contribution in [3.05, 3.63) is 29.6 Å². The van der Waals surface area contributed by atoms with Gasteiger partial charge in [0.1, 0.15) is 0 Å². The first kappa shape index (κ1) is 16.2. The van der Waals surface area contributed by atoms with Crippen LogP contribution in [-0.4, -0.2) is 24.0 Å². The number of hydrogen-bond acceptors (Lipinski definition) is 3. The van der Waals surface area contributed by atoms with Crippen molar-refractivity contribution in [1.29, 1.82) is 0 Å². The van der Waals surface area contributed by atoms with Crippen molar-refractivity contribution in [3.8, 4) is 11.8 Å². The van der Waals surface area contributed by atoms with Gasteiger partial charge in [0.05, 0.1) is 17.7 Å². The number of nitrogens with one attached hydrogen (secondary N) is 1. The third-order valence-electron chi connectivity index (χ3n) is 3.66. The molecule has 1 aromatic rings. The summed E-state index contributed by atoms with van der Waals surface area (Å²) in [7, 11) is 0. The molecule has 0 bridgehead atoms. The molecule has 0 aliphatic carbocycles. The number of carbonyl (C=O) groups is 1. The van der Waals surface area contributed by atoms with E-state index in [1.165, 1.54) is 0 Å². The first-order valence-corrected chi connectivity index (χ1v) is 6.79. The van der Waals surface area contributed by atoms with Gasteiger partial charge in [-0.1, -0.05) is 39.5 Å². The lowest BCUT2D eigenvalue weighted by molar-refractivity contribution is 0.0924. The zero-order valence-electron chi connectivity index (χ0n) is 12.7. The van der Waals surface area contributed by atoms with Crippen LogP contribution in [0, 0.1) is 23.2 Å². The third-order valence-corrected chi connectivity index (χ3v) is 3.66. The van der Waals surface area contributed by atoms with Crippen LogP contribution in [0.25, 0.3) is 0 Å². The molecule has 3 N–H and O–H groups in total. The van der Waals surface area contributed by atoms with E-state index in [0.717, 1.165) is 0 Å². The maximum atomic E-state index is 12.3. The SMILES string of the molecule is CC(C)C(C)(C)CNC(=O)c1ccncc1C#CCN. The second-order valence-electron chi connectivity index (χ2n) is 5.75. The highest BCUT2D eigenvalue weighted by atomic mass is 16.1. The van der Waals surface area contributed by atoms with Gasteiger partial charge in [0.25, 0.3) is 5.91 Å². The summed E-state index contributed by atoms with van der Waals surface area (Å²) >= 11 is 0. The predicted molar refractivity (Wildman–Crippen MR) is 81.1 cm³/mol. The monoisotopic (exact) mass is 273 g/mol. The van der Waals surface area contributed by atoms with Crippen LogP contribution in [0.4, 0.5) is 0 Å². The summed E-state index contributed by atoms with van der Waals surface area (Å²) in [4.78, 5) is 16.3. The number of nitrogens with two attached hydrogens (primary N) is 1. The number of hydrogen-bond donors (Lipinski definition) is 2. The van der Waals surface area contributed by atoms with Crippen LogP contribution in [0.5, 0.6) is 0 Å². The van der Waals surface area contributed by atoms with Crippen molar-refractivity contribution in [3.63, 3.8) is 0 Å². The van der Waals surface area contributed by atoms with Crippen molar-refractivity contribution in [2.24, 2.45) is 17.1 Å².